The number of hydrogen-bond donors (Lipinski definition) is 1. The molecule has 21 heavy (non-hydrogen) atoms. The lowest BCUT2D eigenvalue weighted by Crippen LogP contribution is -2.18. The van der Waals surface area contributed by atoms with Crippen LogP contribution in [0, 0.1) is 4.77 Å². The van der Waals surface area contributed by atoms with Gasteiger partial charge in [-0.3, -0.25) is 9.67 Å². The number of nitrogens with zero attached hydrogens (tertiary/aromatic N) is 2. The van der Waals surface area contributed by atoms with Crippen LogP contribution in [0.25, 0.3) is 10.7 Å². The zero-order valence-electron chi connectivity index (χ0n) is 11.5. The molecule has 5 heteroatoms. The van der Waals surface area contributed by atoms with Gasteiger partial charge >= 0.3 is 0 Å². The number of aromatic nitrogens is 3. The summed E-state index contributed by atoms with van der Waals surface area (Å²) in [5, 5.41) is 9.51. The van der Waals surface area contributed by atoms with Crippen LogP contribution < -0.4 is 0 Å². The topological polar surface area (TPSA) is 33.6 Å². The molecular weight excluding hydrogens is 298 g/mol. The maximum Gasteiger partial charge on any atom is 0.196 e. The Morgan fingerprint density at radius 1 is 1.24 bits per heavy atom. The highest BCUT2D eigenvalue weighted by atomic mass is 32.1. The van der Waals surface area contributed by atoms with Crippen LogP contribution in [0.2, 0.25) is 0 Å². The molecule has 0 aliphatic heterocycles. The smallest absolute Gasteiger partial charge is 0.196 e. The lowest BCUT2D eigenvalue weighted by atomic mass is 9.87. The van der Waals surface area contributed by atoms with Gasteiger partial charge in [-0.2, -0.15) is 5.10 Å². The van der Waals surface area contributed by atoms with E-state index < -0.39 is 0 Å². The van der Waals surface area contributed by atoms with Crippen molar-refractivity contribution in [3.63, 3.8) is 0 Å². The lowest BCUT2D eigenvalue weighted by Gasteiger charge is -2.27. The van der Waals surface area contributed by atoms with Gasteiger partial charge in [0.2, 0.25) is 0 Å². The summed E-state index contributed by atoms with van der Waals surface area (Å²) in [4.78, 5) is 1.16. The molecule has 0 fully saturated rings. The number of rotatable bonds is 2. The number of hydrogen-bond acceptors (Lipinski definition) is 3. The number of fused-ring (bicyclic) bond motifs is 1. The van der Waals surface area contributed by atoms with Crippen molar-refractivity contribution in [2.75, 3.05) is 0 Å². The van der Waals surface area contributed by atoms with Crippen molar-refractivity contribution in [1.29, 1.82) is 0 Å². The third-order valence-electron chi connectivity index (χ3n) is 4.10. The molecule has 0 bridgehead atoms. The Kier molecular flexibility index (Phi) is 3.24. The van der Waals surface area contributed by atoms with Gasteiger partial charge in [0.25, 0.3) is 0 Å². The van der Waals surface area contributed by atoms with Crippen molar-refractivity contribution in [3.8, 4) is 10.7 Å². The molecule has 0 amide bonds. The Bertz CT molecular complexity index is 814. The van der Waals surface area contributed by atoms with Crippen molar-refractivity contribution >= 4 is 23.6 Å². The van der Waals surface area contributed by atoms with E-state index in [1.807, 2.05) is 0 Å². The zero-order valence-corrected chi connectivity index (χ0v) is 13.1. The lowest BCUT2D eigenvalue weighted by molar-refractivity contribution is 0.488. The summed E-state index contributed by atoms with van der Waals surface area (Å²) in [5.41, 5.74) is 2.83. The van der Waals surface area contributed by atoms with Crippen LogP contribution in [-0.2, 0) is 6.42 Å². The van der Waals surface area contributed by atoms with E-state index >= 15 is 0 Å². The second-order valence-corrected chi connectivity index (χ2v) is 6.64. The molecule has 0 spiro atoms. The van der Waals surface area contributed by atoms with Crippen LogP contribution in [0.3, 0.4) is 0 Å². The van der Waals surface area contributed by atoms with Crippen molar-refractivity contribution in [2.45, 2.75) is 25.3 Å². The first-order valence-electron chi connectivity index (χ1n) is 7.13. The second kappa shape index (κ2) is 5.24. The molecule has 2 aromatic heterocycles. The summed E-state index contributed by atoms with van der Waals surface area (Å²) in [7, 11) is 0. The summed E-state index contributed by atoms with van der Waals surface area (Å²) in [6.07, 6.45) is 3.47. The maximum atomic E-state index is 5.51. The summed E-state index contributed by atoms with van der Waals surface area (Å²) >= 11 is 7.21. The largest absolute Gasteiger partial charge is 0.292 e. The van der Waals surface area contributed by atoms with Gasteiger partial charge in [-0.1, -0.05) is 30.3 Å². The van der Waals surface area contributed by atoms with E-state index in [2.05, 4.69) is 56.5 Å². The molecule has 1 atom stereocenters. The zero-order chi connectivity index (χ0) is 14.2. The van der Waals surface area contributed by atoms with Crippen LogP contribution in [0.5, 0.6) is 0 Å². The molecule has 1 aliphatic carbocycles. The van der Waals surface area contributed by atoms with Crippen molar-refractivity contribution < 1.29 is 0 Å². The van der Waals surface area contributed by atoms with Gasteiger partial charge in [0.1, 0.15) is 0 Å². The minimum atomic E-state index is 0.290. The Labute approximate surface area is 132 Å². The fourth-order valence-electron chi connectivity index (χ4n) is 3.17. The van der Waals surface area contributed by atoms with Crippen LogP contribution in [0.15, 0.2) is 41.8 Å². The average molecular weight is 313 g/mol. The standard InChI is InChI=1S/C16H15N3S2/c20-16-18-17-15(14-9-4-10-21-14)19(16)13-8-3-6-11-5-1-2-7-12(11)13/h1-2,4-5,7,9-10,13H,3,6,8H2,(H,18,20). The normalized spacial score (nSPS) is 17.6. The number of aromatic amines is 1. The summed E-state index contributed by atoms with van der Waals surface area (Å²) in [5.74, 6) is 0.955. The van der Waals surface area contributed by atoms with Crippen LogP contribution in [-0.4, -0.2) is 14.8 Å². The Morgan fingerprint density at radius 2 is 2.14 bits per heavy atom. The molecule has 0 saturated heterocycles. The SMILES string of the molecule is S=c1[nH]nc(-c2cccs2)n1C1CCCc2ccccc21. The highest BCUT2D eigenvalue weighted by Gasteiger charge is 2.25. The first-order chi connectivity index (χ1) is 10.3. The molecule has 1 aliphatic rings. The Hall–Kier alpha value is -1.72. The molecule has 1 unspecified atom stereocenters. The maximum absolute atomic E-state index is 5.51. The van der Waals surface area contributed by atoms with E-state index in [1.54, 1.807) is 11.3 Å². The van der Waals surface area contributed by atoms with Crippen LogP contribution in [0.1, 0.15) is 30.0 Å². The molecule has 3 nitrogen and oxygen atoms in total. The quantitative estimate of drug-likeness (QED) is 0.702. The second-order valence-electron chi connectivity index (χ2n) is 5.31. The van der Waals surface area contributed by atoms with E-state index in [9.17, 15) is 0 Å². The molecule has 0 radical (unpaired) electrons. The van der Waals surface area contributed by atoms with Crippen molar-refractivity contribution in [1.82, 2.24) is 14.8 Å². The van der Waals surface area contributed by atoms with Gasteiger partial charge in [0.15, 0.2) is 10.6 Å². The van der Waals surface area contributed by atoms with E-state index in [1.165, 1.54) is 17.5 Å². The van der Waals surface area contributed by atoms with E-state index in [-0.39, 0.29) is 0 Å². The third-order valence-corrected chi connectivity index (χ3v) is 5.25. The summed E-state index contributed by atoms with van der Waals surface area (Å²) < 4.78 is 2.90. The first kappa shape index (κ1) is 13.0. The van der Waals surface area contributed by atoms with E-state index in [0.717, 1.165) is 23.5 Å². The molecule has 106 valence electrons. The Morgan fingerprint density at radius 3 is 3.00 bits per heavy atom. The van der Waals surface area contributed by atoms with Gasteiger partial charge < -0.3 is 0 Å². The molecule has 3 aromatic rings. The van der Waals surface area contributed by atoms with Gasteiger partial charge in [0, 0.05) is 0 Å². The summed E-state index contributed by atoms with van der Waals surface area (Å²) in [6, 6.07) is 13.1. The number of nitrogens with one attached hydrogen (secondary N) is 1. The molecule has 1 N–H and O–H groups in total. The molecule has 1 aromatic carbocycles. The Balaban J connectivity index is 1.89. The highest BCUT2D eigenvalue weighted by molar-refractivity contribution is 7.71. The molecule has 4 rings (SSSR count). The van der Waals surface area contributed by atoms with Gasteiger partial charge in [-0.05, 0) is 54.1 Å². The van der Waals surface area contributed by atoms with Crippen molar-refractivity contribution in [3.05, 3.63) is 57.7 Å². The van der Waals surface area contributed by atoms with E-state index in [0.29, 0.717) is 10.8 Å². The monoisotopic (exact) mass is 313 g/mol. The van der Waals surface area contributed by atoms with Gasteiger partial charge in [-0.15, -0.1) is 11.3 Å². The fourth-order valence-corrected chi connectivity index (χ4v) is 4.14. The minimum absolute atomic E-state index is 0.290. The van der Waals surface area contributed by atoms with Crippen LogP contribution >= 0.6 is 23.6 Å². The average Bonchev–Trinajstić information content (AvgIpc) is 3.16. The number of benzene rings is 1. The van der Waals surface area contributed by atoms with Gasteiger partial charge in [0.05, 0.1) is 10.9 Å². The number of thiophene rings is 1. The predicted octanol–water partition coefficient (Wildman–Crippen LogP) is 4.59. The third kappa shape index (κ3) is 2.17. The summed E-state index contributed by atoms with van der Waals surface area (Å²) in [6.45, 7) is 0. The molecular formula is C16H15N3S2. The van der Waals surface area contributed by atoms with E-state index in [4.69, 9.17) is 12.2 Å². The van der Waals surface area contributed by atoms with Crippen LogP contribution in [0.4, 0.5) is 0 Å². The molecule has 2 heterocycles. The predicted molar refractivity (Wildman–Crippen MR) is 88.2 cm³/mol. The highest BCUT2D eigenvalue weighted by Crippen LogP contribution is 2.36. The number of H-pyrrole nitrogens is 1. The minimum Gasteiger partial charge on any atom is -0.292 e. The number of aryl methyl sites for hydroxylation is 1. The first-order valence-corrected chi connectivity index (χ1v) is 8.42. The molecule has 0 saturated carbocycles. The van der Waals surface area contributed by atoms with Gasteiger partial charge in [-0.25, -0.2) is 0 Å². The van der Waals surface area contributed by atoms with Crippen molar-refractivity contribution in [2.24, 2.45) is 0 Å². The fraction of sp³-hybridized carbons (Fsp3) is 0.250.